The number of benzene rings is 1. The quantitative estimate of drug-likeness (QED) is 0.642. The SMILES string of the molecule is COC(=O)/C(C)=C/CN[C@@H](C)c1cccc(C)c1. The first kappa shape index (κ1) is 14.5. The van der Waals surface area contributed by atoms with Crippen LogP contribution in [-0.2, 0) is 9.53 Å². The molecule has 0 fully saturated rings. The molecule has 0 unspecified atom stereocenters. The fourth-order valence-corrected chi connectivity index (χ4v) is 1.69. The summed E-state index contributed by atoms with van der Waals surface area (Å²) in [5, 5.41) is 3.35. The van der Waals surface area contributed by atoms with E-state index in [-0.39, 0.29) is 12.0 Å². The van der Waals surface area contributed by atoms with E-state index in [1.165, 1.54) is 18.2 Å². The number of methoxy groups -OCH3 is 1. The minimum atomic E-state index is -0.278. The normalized spacial score (nSPS) is 13.2. The zero-order valence-corrected chi connectivity index (χ0v) is 11.5. The van der Waals surface area contributed by atoms with Gasteiger partial charge in [-0.3, -0.25) is 0 Å². The summed E-state index contributed by atoms with van der Waals surface area (Å²) in [4.78, 5) is 11.2. The molecule has 0 radical (unpaired) electrons. The zero-order valence-electron chi connectivity index (χ0n) is 11.5. The standard InChI is InChI=1S/C15H21NO2/c1-11-6-5-7-14(10-11)13(3)16-9-8-12(2)15(17)18-4/h5-8,10,13,16H,9H2,1-4H3/b12-8+/t13-/m0/s1. The van der Waals surface area contributed by atoms with Crippen LogP contribution < -0.4 is 5.32 Å². The van der Waals surface area contributed by atoms with Crippen LogP contribution in [0, 0.1) is 6.92 Å². The van der Waals surface area contributed by atoms with Gasteiger partial charge in [0.05, 0.1) is 7.11 Å². The van der Waals surface area contributed by atoms with Crippen molar-refractivity contribution < 1.29 is 9.53 Å². The fraction of sp³-hybridized carbons (Fsp3) is 0.400. The van der Waals surface area contributed by atoms with Crippen LogP contribution in [0.3, 0.4) is 0 Å². The van der Waals surface area contributed by atoms with Crippen LogP contribution in [0.4, 0.5) is 0 Å². The van der Waals surface area contributed by atoms with Gasteiger partial charge in [0.2, 0.25) is 0 Å². The molecule has 0 aliphatic rings. The first-order valence-corrected chi connectivity index (χ1v) is 6.09. The Labute approximate surface area is 109 Å². The molecule has 0 bridgehead atoms. The van der Waals surface area contributed by atoms with E-state index >= 15 is 0 Å². The number of aryl methyl sites for hydroxylation is 1. The number of rotatable bonds is 5. The molecule has 98 valence electrons. The number of carbonyl (C=O) groups excluding carboxylic acids is 1. The van der Waals surface area contributed by atoms with Gasteiger partial charge < -0.3 is 10.1 Å². The first-order valence-electron chi connectivity index (χ1n) is 6.09. The molecular weight excluding hydrogens is 226 g/mol. The van der Waals surface area contributed by atoms with Crippen molar-refractivity contribution in [2.45, 2.75) is 26.8 Å². The van der Waals surface area contributed by atoms with Gasteiger partial charge in [-0.05, 0) is 26.3 Å². The summed E-state index contributed by atoms with van der Waals surface area (Å²) < 4.78 is 4.63. The third kappa shape index (κ3) is 4.34. The molecule has 0 saturated carbocycles. The number of carbonyl (C=O) groups is 1. The number of nitrogens with one attached hydrogen (secondary N) is 1. The van der Waals surface area contributed by atoms with E-state index in [9.17, 15) is 4.79 Å². The summed E-state index contributed by atoms with van der Waals surface area (Å²) >= 11 is 0. The highest BCUT2D eigenvalue weighted by atomic mass is 16.5. The molecule has 0 saturated heterocycles. The lowest BCUT2D eigenvalue weighted by Crippen LogP contribution is -2.19. The topological polar surface area (TPSA) is 38.3 Å². The molecule has 1 atom stereocenters. The molecule has 1 rings (SSSR count). The van der Waals surface area contributed by atoms with Crippen LogP contribution in [0.25, 0.3) is 0 Å². The minimum absolute atomic E-state index is 0.256. The average molecular weight is 247 g/mol. The second kappa shape index (κ2) is 6.97. The first-order chi connectivity index (χ1) is 8.54. The van der Waals surface area contributed by atoms with E-state index in [1.807, 2.05) is 6.08 Å². The maximum absolute atomic E-state index is 11.2. The lowest BCUT2D eigenvalue weighted by molar-refractivity contribution is -0.136. The highest BCUT2D eigenvalue weighted by Crippen LogP contribution is 2.13. The maximum Gasteiger partial charge on any atom is 0.333 e. The van der Waals surface area contributed by atoms with E-state index in [2.05, 4.69) is 48.2 Å². The van der Waals surface area contributed by atoms with E-state index in [0.29, 0.717) is 12.1 Å². The predicted octanol–water partition coefficient (Wildman–Crippen LogP) is 2.76. The van der Waals surface area contributed by atoms with Crippen LogP contribution in [0.5, 0.6) is 0 Å². The van der Waals surface area contributed by atoms with E-state index in [4.69, 9.17) is 0 Å². The van der Waals surface area contributed by atoms with Crippen LogP contribution in [0.1, 0.15) is 31.0 Å². The summed E-state index contributed by atoms with van der Waals surface area (Å²) in [5.74, 6) is -0.278. The second-order valence-electron chi connectivity index (χ2n) is 4.42. The van der Waals surface area contributed by atoms with Crippen LogP contribution in [0.15, 0.2) is 35.9 Å². The Morgan fingerprint density at radius 2 is 2.22 bits per heavy atom. The van der Waals surface area contributed by atoms with Gasteiger partial charge in [-0.15, -0.1) is 0 Å². The highest BCUT2D eigenvalue weighted by Gasteiger charge is 2.05. The molecule has 0 aliphatic carbocycles. The van der Waals surface area contributed by atoms with E-state index in [0.717, 1.165) is 0 Å². The molecule has 18 heavy (non-hydrogen) atoms. The molecule has 1 aromatic rings. The Balaban J connectivity index is 2.52. The molecule has 0 amide bonds. The number of esters is 1. The number of hydrogen-bond acceptors (Lipinski definition) is 3. The van der Waals surface area contributed by atoms with Crippen molar-refractivity contribution >= 4 is 5.97 Å². The lowest BCUT2D eigenvalue weighted by Gasteiger charge is -2.13. The minimum Gasteiger partial charge on any atom is -0.466 e. The van der Waals surface area contributed by atoms with Crippen molar-refractivity contribution in [1.82, 2.24) is 5.32 Å². The fourth-order valence-electron chi connectivity index (χ4n) is 1.69. The second-order valence-corrected chi connectivity index (χ2v) is 4.42. The Kier molecular flexibility index (Phi) is 5.59. The molecule has 0 heterocycles. The predicted molar refractivity (Wildman–Crippen MR) is 73.4 cm³/mol. The van der Waals surface area contributed by atoms with Crippen molar-refractivity contribution in [3.05, 3.63) is 47.0 Å². The van der Waals surface area contributed by atoms with Crippen molar-refractivity contribution in [3.63, 3.8) is 0 Å². The zero-order chi connectivity index (χ0) is 13.5. The van der Waals surface area contributed by atoms with Gasteiger partial charge in [0.25, 0.3) is 0 Å². The molecule has 3 nitrogen and oxygen atoms in total. The van der Waals surface area contributed by atoms with E-state index in [1.54, 1.807) is 6.92 Å². The molecule has 0 spiro atoms. The van der Waals surface area contributed by atoms with Gasteiger partial charge in [0.1, 0.15) is 0 Å². The van der Waals surface area contributed by atoms with Gasteiger partial charge in [-0.1, -0.05) is 35.9 Å². The molecule has 0 aliphatic heterocycles. The summed E-state index contributed by atoms with van der Waals surface area (Å²) in [6.45, 7) is 6.59. The third-order valence-electron chi connectivity index (χ3n) is 2.88. The summed E-state index contributed by atoms with van der Waals surface area (Å²) in [6, 6.07) is 8.65. The summed E-state index contributed by atoms with van der Waals surface area (Å²) in [6.07, 6.45) is 1.85. The molecule has 1 aromatic carbocycles. The Morgan fingerprint density at radius 1 is 1.50 bits per heavy atom. The Bertz CT molecular complexity index is 438. The van der Waals surface area contributed by atoms with Crippen molar-refractivity contribution in [2.75, 3.05) is 13.7 Å². The van der Waals surface area contributed by atoms with Gasteiger partial charge in [0.15, 0.2) is 0 Å². The highest BCUT2D eigenvalue weighted by molar-refractivity contribution is 5.87. The molecular formula is C15H21NO2. The van der Waals surface area contributed by atoms with Gasteiger partial charge in [-0.25, -0.2) is 4.79 Å². The van der Waals surface area contributed by atoms with Crippen molar-refractivity contribution in [3.8, 4) is 0 Å². The average Bonchev–Trinajstić information content (AvgIpc) is 2.37. The molecule has 1 N–H and O–H groups in total. The third-order valence-corrected chi connectivity index (χ3v) is 2.88. The van der Waals surface area contributed by atoms with Crippen molar-refractivity contribution in [1.29, 1.82) is 0 Å². The van der Waals surface area contributed by atoms with Gasteiger partial charge in [0, 0.05) is 18.2 Å². The maximum atomic E-state index is 11.2. The van der Waals surface area contributed by atoms with E-state index < -0.39 is 0 Å². The van der Waals surface area contributed by atoms with Gasteiger partial charge in [-0.2, -0.15) is 0 Å². The van der Waals surface area contributed by atoms with Crippen molar-refractivity contribution in [2.24, 2.45) is 0 Å². The number of hydrogen-bond donors (Lipinski definition) is 1. The Morgan fingerprint density at radius 3 is 2.83 bits per heavy atom. The molecule has 3 heteroatoms. The number of ether oxygens (including phenoxy) is 1. The van der Waals surface area contributed by atoms with Crippen LogP contribution in [-0.4, -0.2) is 19.6 Å². The summed E-state index contributed by atoms with van der Waals surface area (Å²) in [5.41, 5.74) is 3.13. The monoisotopic (exact) mass is 247 g/mol. The summed E-state index contributed by atoms with van der Waals surface area (Å²) in [7, 11) is 1.39. The lowest BCUT2D eigenvalue weighted by atomic mass is 10.1. The Hall–Kier alpha value is -1.61. The van der Waals surface area contributed by atoms with Crippen LogP contribution in [0.2, 0.25) is 0 Å². The molecule has 0 aromatic heterocycles. The van der Waals surface area contributed by atoms with Gasteiger partial charge >= 0.3 is 5.97 Å². The largest absolute Gasteiger partial charge is 0.466 e. The van der Waals surface area contributed by atoms with Crippen LogP contribution >= 0.6 is 0 Å². The smallest absolute Gasteiger partial charge is 0.333 e.